The Bertz CT molecular complexity index is 454. The Morgan fingerprint density at radius 1 is 1.25 bits per heavy atom. The number of carboxylic acid groups (broad SMARTS) is 1. The summed E-state index contributed by atoms with van der Waals surface area (Å²) in [6, 6.07) is 2.96. The fourth-order valence-electron chi connectivity index (χ4n) is 1.34. The van der Waals surface area contributed by atoms with Crippen LogP contribution in [0.5, 0.6) is 11.5 Å². The van der Waals surface area contributed by atoms with Crippen molar-refractivity contribution in [1.29, 1.82) is 0 Å². The molecule has 1 N–H and O–H groups in total. The zero-order valence-corrected chi connectivity index (χ0v) is 9.86. The molecule has 0 atom stereocenters. The number of fused-ring (bicyclic) bond motifs is 1. The molecule has 16 heavy (non-hydrogen) atoms. The van der Waals surface area contributed by atoms with Crippen LogP contribution in [0.15, 0.2) is 28.8 Å². The Labute approximate surface area is 101 Å². The fourth-order valence-corrected chi connectivity index (χ4v) is 1.90. The number of benzene rings is 1. The minimum absolute atomic E-state index is 0.166. The third-order valence-corrected chi connectivity index (χ3v) is 2.67. The van der Waals surface area contributed by atoms with Crippen molar-refractivity contribution < 1.29 is 19.4 Å². The molecule has 1 aliphatic heterocycles. The van der Waals surface area contributed by atoms with Crippen molar-refractivity contribution >= 4 is 21.9 Å². The summed E-state index contributed by atoms with van der Waals surface area (Å²) >= 11 is 3.27. The van der Waals surface area contributed by atoms with Gasteiger partial charge in [-0.1, -0.05) is 0 Å². The molecule has 0 amide bonds. The molecule has 5 heteroatoms. The van der Waals surface area contributed by atoms with E-state index in [-0.39, 0.29) is 5.56 Å². The number of ether oxygens (including phenoxy) is 2. The Balaban J connectivity index is 2.45. The van der Waals surface area contributed by atoms with E-state index in [2.05, 4.69) is 15.9 Å². The van der Waals surface area contributed by atoms with Gasteiger partial charge in [0.2, 0.25) is 0 Å². The van der Waals surface area contributed by atoms with E-state index in [1.54, 1.807) is 0 Å². The van der Waals surface area contributed by atoms with E-state index < -0.39 is 5.97 Å². The molecule has 1 aromatic rings. The van der Waals surface area contributed by atoms with Crippen molar-refractivity contribution in [3.05, 3.63) is 34.3 Å². The van der Waals surface area contributed by atoms with Crippen molar-refractivity contribution in [3.8, 4) is 11.5 Å². The van der Waals surface area contributed by atoms with Crippen molar-refractivity contribution in [1.82, 2.24) is 0 Å². The number of rotatable bonds is 1. The highest BCUT2D eigenvalue weighted by molar-refractivity contribution is 9.10. The standard InChI is InChI=1S/C11H9BrO4/c12-8-5-7(11(13)14)6-9-10(8)16-4-2-1-3-15-9/h1-2,5-6H,3-4H2,(H,13,14)/b2-1-. The molecule has 1 aromatic carbocycles. The van der Waals surface area contributed by atoms with E-state index in [1.807, 2.05) is 12.2 Å². The lowest BCUT2D eigenvalue weighted by molar-refractivity contribution is 0.0696. The van der Waals surface area contributed by atoms with Crippen LogP contribution in [0.1, 0.15) is 10.4 Å². The van der Waals surface area contributed by atoms with E-state index in [0.717, 1.165) is 0 Å². The number of halogens is 1. The van der Waals surface area contributed by atoms with Gasteiger partial charge in [0.05, 0.1) is 10.0 Å². The molecule has 0 fully saturated rings. The molecule has 1 aliphatic rings. The first-order valence-corrected chi connectivity index (χ1v) is 5.45. The fraction of sp³-hybridized carbons (Fsp3) is 0.182. The van der Waals surface area contributed by atoms with Crippen LogP contribution in [0.25, 0.3) is 0 Å². The number of carboxylic acids is 1. The summed E-state index contributed by atoms with van der Waals surface area (Å²) in [6.07, 6.45) is 3.67. The van der Waals surface area contributed by atoms with Crippen molar-refractivity contribution in [2.75, 3.05) is 13.2 Å². The van der Waals surface area contributed by atoms with Gasteiger partial charge in [-0.15, -0.1) is 0 Å². The molecule has 0 radical (unpaired) electrons. The van der Waals surface area contributed by atoms with Crippen LogP contribution in [0.2, 0.25) is 0 Å². The number of aromatic carboxylic acids is 1. The van der Waals surface area contributed by atoms with E-state index in [4.69, 9.17) is 14.6 Å². The molecule has 2 rings (SSSR count). The molecular weight excluding hydrogens is 276 g/mol. The zero-order chi connectivity index (χ0) is 11.5. The van der Waals surface area contributed by atoms with E-state index >= 15 is 0 Å². The molecule has 4 nitrogen and oxygen atoms in total. The highest BCUT2D eigenvalue weighted by Gasteiger charge is 2.15. The summed E-state index contributed by atoms with van der Waals surface area (Å²) in [5.74, 6) is -0.0184. The van der Waals surface area contributed by atoms with Gasteiger partial charge in [-0.2, -0.15) is 0 Å². The summed E-state index contributed by atoms with van der Waals surface area (Å²) in [4.78, 5) is 10.9. The second-order valence-electron chi connectivity index (χ2n) is 3.18. The van der Waals surface area contributed by atoms with Gasteiger partial charge in [-0.3, -0.25) is 0 Å². The van der Waals surface area contributed by atoms with Crippen LogP contribution >= 0.6 is 15.9 Å². The van der Waals surface area contributed by atoms with Crippen LogP contribution in [-0.2, 0) is 0 Å². The summed E-state index contributed by atoms with van der Waals surface area (Å²) in [6.45, 7) is 0.854. The van der Waals surface area contributed by atoms with Gasteiger partial charge in [0.15, 0.2) is 11.5 Å². The number of hydrogen-bond donors (Lipinski definition) is 1. The summed E-state index contributed by atoms with van der Waals surface area (Å²) in [5, 5.41) is 8.91. The highest BCUT2D eigenvalue weighted by Crippen LogP contribution is 2.37. The van der Waals surface area contributed by atoms with Crippen molar-refractivity contribution in [2.24, 2.45) is 0 Å². The van der Waals surface area contributed by atoms with Crippen LogP contribution < -0.4 is 9.47 Å². The lowest BCUT2D eigenvalue weighted by Gasteiger charge is -2.15. The van der Waals surface area contributed by atoms with Gasteiger partial charge in [-0.25, -0.2) is 4.79 Å². The molecule has 84 valence electrons. The smallest absolute Gasteiger partial charge is 0.335 e. The first-order valence-electron chi connectivity index (χ1n) is 4.66. The van der Waals surface area contributed by atoms with Crippen LogP contribution in [0.4, 0.5) is 0 Å². The van der Waals surface area contributed by atoms with Gasteiger partial charge in [-0.05, 0) is 40.2 Å². The molecule has 0 bridgehead atoms. The summed E-state index contributed by atoms with van der Waals surface area (Å²) < 4.78 is 11.4. The Morgan fingerprint density at radius 2 is 1.94 bits per heavy atom. The molecule has 0 spiro atoms. The third kappa shape index (κ3) is 2.19. The van der Waals surface area contributed by atoms with Gasteiger partial charge in [0.25, 0.3) is 0 Å². The predicted molar refractivity (Wildman–Crippen MR) is 61.2 cm³/mol. The third-order valence-electron chi connectivity index (χ3n) is 2.08. The molecule has 0 saturated carbocycles. The largest absolute Gasteiger partial charge is 0.486 e. The first kappa shape index (κ1) is 11.0. The summed E-state index contributed by atoms with van der Waals surface area (Å²) in [5.41, 5.74) is 0.166. The molecule has 0 aromatic heterocycles. The van der Waals surface area contributed by atoms with Crippen LogP contribution in [0.3, 0.4) is 0 Å². The maximum absolute atomic E-state index is 10.9. The number of carbonyl (C=O) groups is 1. The Morgan fingerprint density at radius 3 is 2.62 bits per heavy atom. The lowest BCUT2D eigenvalue weighted by atomic mass is 10.2. The molecule has 0 unspecified atom stereocenters. The monoisotopic (exact) mass is 284 g/mol. The molecule has 0 saturated heterocycles. The van der Waals surface area contributed by atoms with Crippen LogP contribution in [-0.4, -0.2) is 24.3 Å². The van der Waals surface area contributed by atoms with E-state index in [9.17, 15) is 4.79 Å². The SMILES string of the molecule is O=C(O)c1cc(Br)c2c(c1)OC/C=C\CO2. The molecule has 1 heterocycles. The lowest BCUT2D eigenvalue weighted by Crippen LogP contribution is -2.06. The van der Waals surface area contributed by atoms with Crippen LogP contribution in [0, 0.1) is 0 Å². The Kier molecular flexibility index (Phi) is 3.14. The van der Waals surface area contributed by atoms with Crippen molar-refractivity contribution in [2.45, 2.75) is 0 Å². The normalized spacial score (nSPS) is 16.1. The second-order valence-corrected chi connectivity index (χ2v) is 4.04. The minimum atomic E-state index is -0.996. The average Bonchev–Trinajstić information content (AvgIpc) is 2.19. The second kappa shape index (κ2) is 4.57. The quantitative estimate of drug-likeness (QED) is 0.805. The average molecular weight is 285 g/mol. The minimum Gasteiger partial charge on any atom is -0.486 e. The highest BCUT2D eigenvalue weighted by atomic mass is 79.9. The zero-order valence-electron chi connectivity index (χ0n) is 8.27. The first-order chi connectivity index (χ1) is 7.68. The van der Waals surface area contributed by atoms with Gasteiger partial charge in [0.1, 0.15) is 13.2 Å². The van der Waals surface area contributed by atoms with Gasteiger partial charge < -0.3 is 14.6 Å². The maximum atomic E-state index is 10.9. The Hall–Kier alpha value is -1.49. The van der Waals surface area contributed by atoms with E-state index in [1.165, 1.54) is 12.1 Å². The van der Waals surface area contributed by atoms with E-state index in [0.29, 0.717) is 29.2 Å². The van der Waals surface area contributed by atoms with Gasteiger partial charge in [0, 0.05) is 0 Å². The predicted octanol–water partition coefficient (Wildman–Crippen LogP) is 2.47. The van der Waals surface area contributed by atoms with Gasteiger partial charge >= 0.3 is 5.97 Å². The topological polar surface area (TPSA) is 55.8 Å². The summed E-state index contributed by atoms with van der Waals surface area (Å²) in [7, 11) is 0. The maximum Gasteiger partial charge on any atom is 0.335 e. The van der Waals surface area contributed by atoms with Crippen molar-refractivity contribution in [3.63, 3.8) is 0 Å². The molecular formula is C11H9BrO4. The number of hydrogen-bond acceptors (Lipinski definition) is 3. The molecule has 0 aliphatic carbocycles.